The number of carbonyl (C=O) groups excluding carboxylic acids is 2. The Morgan fingerprint density at radius 1 is 1.38 bits per heavy atom. The van der Waals surface area contributed by atoms with Gasteiger partial charge >= 0.3 is 0 Å². The molecule has 7 heteroatoms. The molecule has 2 atom stereocenters. The third kappa shape index (κ3) is 4.79. The molecule has 1 heterocycles. The lowest BCUT2D eigenvalue weighted by Crippen LogP contribution is -2.47. The van der Waals surface area contributed by atoms with Crippen molar-refractivity contribution in [1.82, 2.24) is 15.6 Å². The fourth-order valence-electron chi connectivity index (χ4n) is 2.53. The Morgan fingerprint density at radius 2 is 2.12 bits per heavy atom. The molecule has 0 aliphatic heterocycles. The van der Waals surface area contributed by atoms with Crippen LogP contribution in [0.5, 0.6) is 0 Å². The standard InChI is InChI=1S/C17H22FN3O3/c1-10(22)5-6-19-17(24)16(21-11(2)23)7-12-9-20-15-8-13(18)3-4-14(12)15/h3-4,8-10,16,20,22H,5-7H2,1-2H3,(H,19,24)(H,21,23). The van der Waals surface area contributed by atoms with Gasteiger partial charge in [-0.1, -0.05) is 0 Å². The first kappa shape index (κ1) is 17.9. The van der Waals surface area contributed by atoms with Crippen molar-refractivity contribution in [2.75, 3.05) is 6.54 Å². The highest BCUT2D eigenvalue weighted by molar-refractivity contribution is 5.89. The van der Waals surface area contributed by atoms with Gasteiger partial charge in [-0.25, -0.2) is 4.39 Å². The molecule has 0 spiro atoms. The molecule has 4 N–H and O–H groups in total. The third-order valence-corrected chi connectivity index (χ3v) is 3.71. The maximum Gasteiger partial charge on any atom is 0.242 e. The molecular weight excluding hydrogens is 313 g/mol. The smallest absolute Gasteiger partial charge is 0.242 e. The van der Waals surface area contributed by atoms with Gasteiger partial charge in [0, 0.05) is 37.0 Å². The molecule has 0 aliphatic carbocycles. The number of aromatic amines is 1. The molecule has 2 aromatic rings. The zero-order chi connectivity index (χ0) is 17.7. The molecule has 1 aromatic carbocycles. The van der Waals surface area contributed by atoms with E-state index in [9.17, 15) is 19.1 Å². The van der Waals surface area contributed by atoms with E-state index in [-0.39, 0.29) is 24.1 Å². The number of aromatic nitrogens is 1. The number of benzene rings is 1. The minimum atomic E-state index is -0.736. The summed E-state index contributed by atoms with van der Waals surface area (Å²) in [6.07, 6.45) is 1.92. The van der Waals surface area contributed by atoms with Gasteiger partial charge in [0.2, 0.25) is 11.8 Å². The first-order chi connectivity index (χ1) is 11.4. The molecule has 0 aliphatic rings. The Hall–Kier alpha value is -2.41. The van der Waals surface area contributed by atoms with Crippen molar-refractivity contribution in [1.29, 1.82) is 0 Å². The normalized spacial score (nSPS) is 13.5. The molecule has 6 nitrogen and oxygen atoms in total. The topological polar surface area (TPSA) is 94.2 Å². The number of aliphatic hydroxyl groups is 1. The number of H-pyrrole nitrogens is 1. The SMILES string of the molecule is CC(=O)NC(Cc1c[nH]c2cc(F)ccc12)C(=O)NCCC(C)O. The van der Waals surface area contributed by atoms with Crippen molar-refractivity contribution >= 4 is 22.7 Å². The van der Waals surface area contributed by atoms with Crippen LogP contribution in [-0.2, 0) is 16.0 Å². The van der Waals surface area contributed by atoms with E-state index < -0.39 is 12.1 Å². The Bertz CT molecular complexity index is 727. The number of hydrogen-bond acceptors (Lipinski definition) is 3. The van der Waals surface area contributed by atoms with Crippen molar-refractivity contribution in [2.45, 2.75) is 38.8 Å². The van der Waals surface area contributed by atoms with E-state index in [1.165, 1.54) is 19.1 Å². The van der Waals surface area contributed by atoms with E-state index in [2.05, 4.69) is 15.6 Å². The number of halogens is 1. The lowest BCUT2D eigenvalue weighted by Gasteiger charge is -2.17. The maximum atomic E-state index is 13.3. The van der Waals surface area contributed by atoms with Gasteiger partial charge in [-0.05, 0) is 37.1 Å². The van der Waals surface area contributed by atoms with Gasteiger partial charge in [0.1, 0.15) is 11.9 Å². The molecule has 0 saturated heterocycles. The highest BCUT2D eigenvalue weighted by Gasteiger charge is 2.21. The molecule has 0 bridgehead atoms. The quantitative estimate of drug-likeness (QED) is 0.613. The minimum Gasteiger partial charge on any atom is -0.393 e. The molecule has 0 fully saturated rings. The first-order valence-electron chi connectivity index (χ1n) is 7.85. The van der Waals surface area contributed by atoms with Crippen LogP contribution in [-0.4, -0.2) is 40.6 Å². The molecule has 130 valence electrons. The van der Waals surface area contributed by atoms with Gasteiger partial charge in [-0.15, -0.1) is 0 Å². The number of aliphatic hydroxyl groups excluding tert-OH is 1. The van der Waals surface area contributed by atoms with Crippen molar-refractivity contribution in [3.8, 4) is 0 Å². The van der Waals surface area contributed by atoms with Gasteiger partial charge in [-0.2, -0.15) is 0 Å². The van der Waals surface area contributed by atoms with Crippen LogP contribution < -0.4 is 10.6 Å². The number of amides is 2. The number of hydrogen-bond donors (Lipinski definition) is 4. The van der Waals surface area contributed by atoms with Crippen LogP contribution in [0.4, 0.5) is 4.39 Å². The monoisotopic (exact) mass is 335 g/mol. The van der Waals surface area contributed by atoms with Gasteiger partial charge in [0.25, 0.3) is 0 Å². The molecular formula is C17H22FN3O3. The zero-order valence-electron chi connectivity index (χ0n) is 13.7. The molecule has 2 rings (SSSR count). The number of fused-ring (bicyclic) bond motifs is 1. The van der Waals surface area contributed by atoms with Crippen molar-refractivity contribution in [3.63, 3.8) is 0 Å². The lowest BCUT2D eigenvalue weighted by atomic mass is 10.0. The van der Waals surface area contributed by atoms with E-state index in [4.69, 9.17) is 0 Å². The lowest BCUT2D eigenvalue weighted by molar-refractivity contribution is -0.128. The summed E-state index contributed by atoms with van der Waals surface area (Å²) in [4.78, 5) is 26.7. The molecule has 2 unspecified atom stereocenters. The molecule has 24 heavy (non-hydrogen) atoms. The number of nitrogens with one attached hydrogen (secondary N) is 3. The largest absolute Gasteiger partial charge is 0.393 e. The average molecular weight is 335 g/mol. The van der Waals surface area contributed by atoms with Crippen LogP contribution in [0.1, 0.15) is 25.8 Å². The highest BCUT2D eigenvalue weighted by Crippen LogP contribution is 2.20. The Balaban J connectivity index is 2.12. The summed E-state index contributed by atoms with van der Waals surface area (Å²) < 4.78 is 13.3. The van der Waals surface area contributed by atoms with Crippen molar-refractivity contribution < 1.29 is 19.1 Å². The molecule has 0 saturated carbocycles. The van der Waals surface area contributed by atoms with Crippen molar-refractivity contribution in [3.05, 3.63) is 35.8 Å². The highest BCUT2D eigenvalue weighted by atomic mass is 19.1. The fourth-order valence-corrected chi connectivity index (χ4v) is 2.53. The van der Waals surface area contributed by atoms with Crippen LogP contribution >= 0.6 is 0 Å². The van der Waals surface area contributed by atoms with Gasteiger partial charge in [-0.3, -0.25) is 9.59 Å². The number of carbonyl (C=O) groups is 2. The summed E-state index contributed by atoms with van der Waals surface area (Å²) in [6.45, 7) is 3.31. The predicted molar refractivity (Wildman–Crippen MR) is 88.9 cm³/mol. The second-order valence-electron chi connectivity index (χ2n) is 5.89. The van der Waals surface area contributed by atoms with E-state index in [0.29, 0.717) is 18.5 Å². The summed E-state index contributed by atoms with van der Waals surface area (Å²) in [5.41, 5.74) is 1.45. The predicted octanol–water partition coefficient (Wildman–Crippen LogP) is 1.24. The second-order valence-corrected chi connectivity index (χ2v) is 5.89. The van der Waals surface area contributed by atoms with Crippen LogP contribution in [0, 0.1) is 5.82 Å². The van der Waals surface area contributed by atoms with Gasteiger partial charge in [0.15, 0.2) is 0 Å². The Kier molecular flexibility index (Phi) is 5.92. The Morgan fingerprint density at radius 3 is 2.79 bits per heavy atom. The zero-order valence-corrected chi connectivity index (χ0v) is 13.7. The van der Waals surface area contributed by atoms with Gasteiger partial charge < -0.3 is 20.7 Å². The van der Waals surface area contributed by atoms with Crippen molar-refractivity contribution in [2.24, 2.45) is 0 Å². The first-order valence-corrected chi connectivity index (χ1v) is 7.85. The maximum absolute atomic E-state index is 13.3. The van der Waals surface area contributed by atoms with E-state index in [1.54, 1.807) is 19.2 Å². The summed E-state index contributed by atoms with van der Waals surface area (Å²) >= 11 is 0. The van der Waals surface area contributed by atoms with Crippen LogP contribution in [0.2, 0.25) is 0 Å². The molecule has 0 radical (unpaired) electrons. The fraction of sp³-hybridized carbons (Fsp3) is 0.412. The molecule has 1 aromatic heterocycles. The van der Waals surface area contributed by atoms with E-state index in [1.807, 2.05) is 0 Å². The summed E-state index contributed by atoms with van der Waals surface area (Å²) in [7, 11) is 0. The molecule has 2 amide bonds. The third-order valence-electron chi connectivity index (χ3n) is 3.71. The summed E-state index contributed by atoms with van der Waals surface area (Å²) in [5.74, 6) is -0.968. The van der Waals surface area contributed by atoms with Crippen LogP contribution in [0.25, 0.3) is 10.9 Å². The van der Waals surface area contributed by atoms with Gasteiger partial charge in [0.05, 0.1) is 6.10 Å². The van der Waals surface area contributed by atoms with Crippen LogP contribution in [0.15, 0.2) is 24.4 Å². The average Bonchev–Trinajstić information content (AvgIpc) is 2.87. The number of rotatable bonds is 7. The van der Waals surface area contributed by atoms with Crippen LogP contribution in [0.3, 0.4) is 0 Å². The summed E-state index contributed by atoms with van der Waals surface area (Å²) in [5, 5.41) is 15.4. The minimum absolute atomic E-state index is 0.283. The van der Waals surface area contributed by atoms with E-state index >= 15 is 0 Å². The second kappa shape index (κ2) is 7.92. The summed E-state index contributed by atoms with van der Waals surface area (Å²) in [6, 6.07) is 3.65. The van der Waals surface area contributed by atoms with E-state index in [0.717, 1.165) is 10.9 Å². The Labute approximate surface area is 139 Å².